The van der Waals surface area contributed by atoms with Gasteiger partial charge >= 0.3 is 0 Å². The highest BCUT2D eigenvalue weighted by molar-refractivity contribution is 6.29. The van der Waals surface area contributed by atoms with Crippen molar-refractivity contribution >= 4 is 11.6 Å². The van der Waals surface area contributed by atoms with E-state index in [0.29, 0.717) is 0 Å². The Morgan fingerprint density at radius 3 is 2.73 bits per heavy atom. The molecule has 0 aromatic carbocycles. The molecular weight excluding hydrogens is 169 g/mol. The van der Waals surface area contributed by atoms with Gasteiger partial charge in [-0.2, -0.15) is 0 Å². The Labute approximate surface area is 68.6 Å². The second kappa shape index (κ2) is 3.15. The molecule has 11 heavy (non-hydrogen) atoms. The summed E-state index contributed by atoms with van der Waals surface area (Å²) in [6.45, 7) is 1.43. The molecule has 1 heterocycles. The van der Waals surface area contributed by atoms with Crippen molar-refractivity contribution in [1.82, 2.24) is 4.98 Å². The van der Waals surface area contributed by atoms with Crippen LogP contribution in [0.5, 0.6) is 0 Å². The summed E-state index contributed by atoms with van der Waals surface area (Å²) >= 11 is 5.47. The van der Waals surface area contributed by atoms with E-state index in [1.54, 1.807) is 0 Å². The van der Waals surface area contributed by atoms with Crippen LogP contribution >= 0.6 is 11.6 Å². The van der Waals surface area contributed by atoms with E-state index in [4.69, 9.17) is 16.7 Å². The molecule has 0 aliphatic carbocycles. The third-order valence-corrected chi connectivity index (χ3v) is 1.45. The molecule has 0 aliphatic heterocycles. The zero-order valence-electron chi connectivity index (χ0n) is 5.88. The molecule has 0 aliphatic rings. The predicted molar refractivity (Wildman–Crippen MR) is 39.8 cm³/mol. The molecule has 0 saturated heterocycles. The number of hydrogen-bond acceptors (Lipinski definition) is 2. The first-order valence-corrected chi connectivity index (χ1v) is 3.49. The fourth-order valence-corrected chi connectivity index (χ4v) is 0.880. The molecule has 60 valence electrons. The normalized spacial score (nSPS) is 13.1. The number of halogens is 2. The summed E-state index contributed by atoms with van der Waals surface area (Å²) in [6.07, 6.45) is -0.923. The SMILES string of the molecule is CC(O)c1nc(Cl)ccc1F. The molecule has 0 bridgehead atoms. The van der Waals surface area contributed by atoms with Crippen LogP contribution in [-0.2, 0) is 0 Å². The van der Waals surface area contributed by atoms with Crippen molar-refractivity contribution in [2.75, 3.05) is 0 Å². The van der Waals surface area contributed by atoms with Crippen LogP contribution in [0.15, 0.2) is 12.1 Å². The topological polar surface area (TPSA) is 33.1 Å². The monoisotopic (exact) mass is 175 g/mol. The molecule has 1 rings (SSSR count). The number of aliphatic hydroxyl groups excluding tert-OH is 1. The third-order valence-electron chi connectivity index (χ3n) is 1.23. The van der Waals surface area contributed by atoms with E-state index in [-0.39, 0.29) is 10.8 Å². The molecule has 0 fully saturated rings. The Hall–Kier alpha value is -0.670. The summed E-state index contributed by atoms with van der Waals surface area (Å²) < 4.78 is 12.7. The van der Waals surface area contributed by atoms with Gasteiger partial charge in [-0.3, -0.25) is 0 Å². The number of aliphatic hydroxyl groups is 1. The van der Waals surface area contributed by atoms with Crippen molar-refractivity contribution in [3.63, 3.8) is 0 Å². The van der Waals surface area contributed by atoms with Crippen LogP contribution in [0.3, 0.4) is 0 Å². The highest BCUT2D eigenvalue weighted by Gasteiger charge is 2.09. The van der Waals surface area contributed by atoms with Crippen molar-refractivity contribution in [3.8, 4) is 0 Å². The van der Waals surface area contributed by atoms with E-state index < -0.39 is 11.9 Å². The molecule has 2 nitrogen and oxygen atoms in total. The largest absolute Gasteiger partial charge is 0.387 e. The van der Waals surface area contributed by atoms with Crippen molar-refractivity contribution in [2.45, 2.75) is 13.0 Å². The predicted octanol–water partition coefficient (Wildman–Crippen LogP) is 1.93. The lowest BCUT2D eigenvalue weighted by Gasteiger charge is -2.03. The minimum Gasteiger partial charge on any atom is -0.387 e. The molecule has 0 saturated carbocycles. The van der Waals surface area contributed by atoms with Crippen molar-refractivity contribution in [2.24, 2.45) is 0 Å². The van der Waals surface area contributed by atoms with E-state index in [9.17, 15) is 4.39 Å². The van der Waals surface area contributed by atoms with E-state index in [1.165, 1.54) is 19.1 Å². The van der Waals surface area contributed by atoms with E-state index in [2.05, 4.69) is 4.98 Å². The van der Waals surface area contributed by atoms with Crippen LogP contribution in [0.4, 0.5) is 4.39 Å². The van der Waals surface area contributed by atoms with Crippen LogP contribution in [-0.4, -0.2) is 10.1 Å². The summed E-state index contributed by atoms with van der Waals surface area (Å²) in [5.74, 6) is -0.538. The summed E-state index contributed by atoms with van der Waals surface area (Å²) in [7, 11) is 0. The molecule has 0 amide bonds. The lowest BCUT2D eigenvalue weighted by Crippen LogP contribution is -1.99. The molecule has 1 atom stereocenters. The maximum atomic E-state index is 12.7. The average Bonchev–Trinajstić information content (AvgIpc) is 1.94. The Morgan fingerprint density at radius 2 is 2.27 bits per heavy atom. The molecule has 4 heteroatoms. The number of rotatable bonds is 1. The smallest absolute Gasteiger partial charge is 0.147 e. The zero-order chi connectivity index (χ0) is 8.43. The molecular formula is C7H7ClFNO. The summed E-state index contributed by atoms with van der Waals surface area (Å²) in [4.78, 5) is 3.61. The summed E-state index contributed by atoms with van der Waals surface area (Å²) in [5.41, 5.74) is -0.0162. The maximum Gasteiger partial charge on any atom is 0.147 e. The number of nitrogens with zero attached hydrogens (tertiary/aromatic N) is 1. The molecule has 1 aromatic heterocycles. The maximum absolute atomic E-state index is 12.7. The molecule has 0 spiro atoms. The van der Waals surface area contributed by atoms with Crippen LogP contribution in [0, 0.1) is 5.82 Å². The van der Waals surface area contributed by atoms with Gasteiger partial charge in [0.1, 0.15) is 16.7 Å². The first-order chi connectivity index (χ1) is 5.11. The van der Waals surface area contributed by atoms with Crippen molar-refractivity contribution in [1.29, 1.82) is 0 Å². The average molecular weight is 176 g/mol. The molecule has 1 unspecified atom stereocenters. The summed E-state index contributed by atoms with van der Waals surface area (Å²) in [5, 5.41) is 9.15. The zero-order valence-corrected chi connectivity index (χ0v) is 6.64. The Kier molecular flexibility index (Phi) is 2.42. The first kappa shape index (κ1) is 8.43. The quantitative estimate of drug-likeness (QED) is 0.662. The third kappa shape index (κ3) is 1.88. The van der Waals surface area contributed by atoms with Gasteiger partial charge in [-0.05, 0) is 19.1 Å². The van der Waals surface area contributed by atoms with Gasteiger partial charge in [0.05, 0.1) is 6.10 Å². The van der Waals surface area contributed by atoms with E-state index in [0.717, 1.165) is 0 Å². The minimum atomic E-state index is -0.923. The molecule has 0 radical (unpaired) electrons. The van der Waals surface area contributed by atoms with Gasteiger partial charge < -0.3 is 5.11 Å². The van der Waals surface area contributed by atoms with Crippen molar-refractivity contribution < 1.29 is 9.50 Å². The van der Waals surface area contributed by atoms with Gasteiger partial charge in [-0.15, -0.1) is 0 Å². The minimum absolute atomic E-state index is 0.0162. The first-order valence-electron chi connectivity index (χ1n) is 3.11. The van der Waals surface area contributed by atoms with Crippen molar-refractivity contribution in [3.05, 3.63) is 28.8 Å². The van der Waals surface area contributed by atoms with Gasteiger partial charge in [0, 0.05) is 0 Å². The van der Waals surface area contributed by atoms with Crippen LogP contribution in [0.2, 0.25) is 5.15 Å². The second-order valence-electron chi connectivity index (χ2n) is 2.18. The number of hydrogen-bond donors (Lipinski definition) is 1. The van der Waals surface area contributed by atoms with E-state index in [1.807, 2.05) is 0 Å². The standard InChI is InChI=1S/C7H7ClFNO/c1-4(11)7-5(9)2-3-6(8)10-7/h2-4,11H,1H3. The highest BCUT2D eigenvalue weighted by atomic mass is 35.5. The second-order valence-corrected chi connectivity index (χ2v) is 2.56. The van der Waals surface area contributed by atoms with Gasteiger partial charge in [0.15, 0.2) is 0 Å². The van der Waals surface area contributed by atoms with Crippen LogP contribution < -0.4 is 0 Å². The molecule has 1 N–H and O–H groups in total. The van der Waals surface area contributed by atoms with Gasteiger partial charge in [0.2, 0.25) is 0 Å². The lowest BCUT2D eigenvalue weighted by molar-refractivity contribution is 0.188. The van der Waals surface area contributed by atoms with E-state index >= 15 is 0 Å². The van der Waals surface area contributed by atoms with Crippen LogP contribution in [0.1, 0.15) is 18.7 Å². The van der Waals surface area contributed by atoms with Gasteiger partial charge in [-0.1, -0.05) is 11.6 Å². The van der Waals surface area contributed by atoms with Gasteiger partial charge in [-0.25, -0.2) is 9.37 Å². The lowest BCUT2D eigenvalue weighted by atomic mass is 10.2. The fourth-order valence-electron chi connectivity index (χ4n) is 0.726. The van der Waals surface area contributed by atoms with Gasteiger partial charge in [0.25, 0.3) is 0 Å². The molecule has 1 aromatic rings. The highest BCUT2D eigenvalue weighted by Crippen LogP contribution is 2.16. The Balaban J connectivity index is 3.13. The summed E-state index contributed by atoms with van der Waals surface area (Å²) in [6, 6.07) is 2.51. The number of aromatic nitrogens is 1. The Bertz CT molecular complexity index is 265. The fraction of sp³-hybridized carbons (Fsp3) is 0.286. The number of pyridine rings is 1. The van der Waals surface area contributed by atoms with Crippen LogP contribution in [0.25, 0.3) is 0 Å². The Morgan fingerprint density at radius 1 is 1.64 bits per heavy atom.